The Balaban J connectivity index is 1.84. The molecule has 2 aliphatic rings. The van der Waals surface area contributed by atoms with Gasteiger partial charge in [0.1, 0.15) is 11.6 Å². The number of rotatable bonds is 4. The van der Waals surface area contributed by atoms with Gasteiger partial charge >= 0.3 is 5.97 Å². The Kier molecular flexibility index (Phi) is 4.31. The van der Waals surface area contributed by atoms with Gasteiger partial charge in [0.25, 0.3) is 5.91 Å². The maximum atomic E-state index is 13.6. The van der Waals surface area contributed by atoms with Crippen LogP contribution in [0, 0.1) is 23.6 Å². The maximum absolute atomic E-state index is 13.6. The molecule has 2 bridgehead atoms. The summed E-state index contributed by atoms with van der Waals surface area (Å²) in [5.74, 6) is -1.93. The molecule has 3 rings (SSSR count). The number of carboxylic acids is 1. The van der Waals surface area contributed by atoms with Crippen LogP contribution in [0.1, 0.15) is 29.6 Å². The number of nitrogens with one attached hydrogen (secondary N) is 1. The normalized spacial score (nSPS) is 28.7. The zero-order valence-electron chi connectivity index (χ0n) is 12.5. The Morgan fingerprint density at radius 3 is 2.70 bits per heavy atom. The second-order valence-electron chi connectivity index (χ2n) is 6.16. The van der Waals surface area contributed by atoms with Crippen LogP contribution in [0.4, 0.5) is 4.39 Å². The zero-order chi connectivity index (χ0) is 16.7. The van der Waals surface area contributed by atoms with Gasteiger partial charge in [-0.1, -0.05) is 0 Å². The highest BCUT2D eigenvalue weighted by Crippen LogP contribution is 2.48. The van der Waals surface area contributed by atoms with Gasteiger partial charge in [-0.25, -0.2) is 4.39 Å². The average Bonchev–Trinajstić information content (AvgIpc) is 3.10. The summed E-state index contributed by atoms with van der Waals surface area (Å²) in [5.41, 5.74) is 0.188. The molecule has 2 aliphatic carbocycles. The van der Waals surface area contributed by atoms with Crippen molar-refractivity contribution >= 4 is 27.8 Å². The monoisotopic (exact) mass is 385 g/mol. The van der Waals surface area contributed by atoms with Crippen LogP contribution in [-0.2, 0) is 4.79 Å². The number of amides is 1. The molecule has 0 aliphatic heterocycles. The molecule has 1 aromatic rings. The molecule has 0 aromatic heterocycles. The molecule has 0 saturated heterocycles. The lowest BCUT2D eigenvalue weighted by atomic mass is 9.84. The first-order valence-electron chi connectivity index (χ1n) is 7.49. The lowest BCUT2D eigenvalue weighted by Crippen LogP contribution is -2.46. The van der Waals surface area contributed by atoms with E-state index < -0.39 is 23.6 Å². The van der Waals surface area contributed by atoms with Gasteiger partial charge in [0, 0.05) is 12.1 Å². The predicted molar refractivity (Wildman–Crippen MR) is 83.9 cm³/mol. The number of benzene rings is 1. The standard InChI is InChI=1S/C16H17BrFNO4/c1-23-12-6-11(18)10(17)5-9(12)15(20)19-14-8-3-2-7(4-8)13(14)16(21)22/h5-8,13-14H,2-4H2,1H3,(H,19,20)(H,21,22)/t7-,8+,13-,14+/m0/s1. The quantitative estimate of drug-likeness (QED) is 0.835. The van der Waals surface area contributed by atoms with Crippen molar-refractivity contribution in [1.82, 2.24) is 5.32 Å². The van der Waals surface area contributed by atoms with Gasteiger partial charge in [-0.3, -0.25) is 9.59 Å². The van der Waals surface area contributed by atoms with Crippen LogP contribution in [0.5, 0.6) is 5.75 Å². The average molecular weight is 386 g/mol. The Hall–Kier alpha value is -1.63. The van der Waals surface area contributed by atoms with Crippen molar-refractivity contribution in [2.45, 2.75) is 25.3 Å². The summed E-state index contributed by atoms with van der Waals surface area (Å²) in [7, 11) is 1.36. The van der Waals surface area contributed by atoms with Gasteiger partial charge in [0.05, 0.1) is 23.1 Å². The van der Waals surface area contributed by atoms with Crippen LogP contribution >= 0.6 is 15.9 Å². The summed E-state index contributed by atoms with van der Waals surface area (Å²) in [6.45, 7) is 0. The Labute approximate surface area is 141 Å². The highest BCUT2D eigenvalue weighted by molar-refractivity contribution is 9.10. The summed E-state index contributed by atoms with van der Waals surface area (Å²) >= 11 is 3.05. The van der Waals surface area contributed by atoms with Gasteiger partial charge in [-0.15, -0.1) is 0 Å². The van der Waals surface area contributed by atoms with Gasteiger partial charge in [-0.2, -0.15) is 0 Å². The fourth-order valence-electron chi connectivity index (χ4n) is 3.96. The van der Waals surface area contributed by atoms with E-state index in [1.54, 1.807) is 0 Å². The first-order chi connectivity index (χ1) is 10.9. The fourth-order valence-corrected chi connectivity index (χ4v) is 4.30. The van der Waals surface area contributed by atoms with E-state index in [4.69, 9.17) is 4.74 Å². The summed E-state index contributed by atoms with van der Waals surface area (Å²) in [5, 5.41) is 12.3. The van der Waals surface area contributed by atoms with Crippen molar-refractivity contribution in [1.29, 1.82) is 0 Å². The van der Waals surface area contributed by atoms with Gasteiger partial charge in [0.2, 0.25) is 0 Å². The second-order valence-corrected chi connectivity index (χ2v) is 7.02. The highest BCUT2D eigenvalue weighted by atomic mass is 79.9. The molecule has 2 N–H and O–H groups in total. The molecule has 0 unspecified atom stereocenters. The minimum absolute atomic E-state index is 0.123. The molecule has 1 amide bonds. The molecule has 124 valence electrons. The predicted octanol–water partition coefficient (Wildman–Crippen LogP) is 2.83. The lowest BCUT2D eigenvalue weighted by molar-refractivity contribution is -0.144. The molecule has 5 nitrogen and oxygen atoms in total. The molecule has 23 heavy (non-hydrogen) atoms. The molecule has 2 fully saturated rings. The van der Waals surface area contributed by atoms with E-state index in [0.29, 0.717) is 0 Å². The van der Waals surface area contributed by atoms with Crippen molar-refractivity contribution < 1.29 is 23.8 Å². The van der Waals surface area contributed by atoms with E-state index in [-0.39, 0.29) is 33.7 Å². The number of ether oxygens (including phenoxy) is 1. The Morgan fingerprint density at radius 1 is 1.35 bits per heavy atom. The Bertz CT molecular complexity index is 666. The van der Waals surface area contributed by atoms with Crippen molar-refractivity contribution in [3.63, 3.8) is 0 Å². The summed E-state index contributed by atoms with van der Waals surface area (Å²) in [4.78, 5) is 24.1. The number of aliphatic carboxylic acids is 1. The molecule has 2 saturated carbocycles. The molecular formula is C16H17BrFNO4. The smallest absolute Gasteiger partial charge is 0.308 e. The number of hydrogen-bond acceptors (Lipinski definition) is 3. The van der Waals surface area contributed by atoms with E-state index in [0.717, 1.165) is 25.3 Å². The summed E-state index contributed by atoms with van der Waals surface area (Å²) in [6, 6.07) is 2.10. The van der Waals surface area contributed by atoms with Crippen LogP contribution in [0.3, 0.4) is 0 Å². The maximum Gasteiger partial charge on any atom is 0.308 e. The van der Waals surface area contributed by atoms with Crippen molar-refractivity contribution in [2.24, 2.45) is 17.8 Å². The van der Waals surface area contributed by atoms with Crippen LogP contribution < -0.4 is 10.1 Å². The van der Waals surface area contributed by atoms with E-state index in [9.17, 15) is 19.1 Å². The number of fused-ring (bicyclic) bond motifs is 2. The van der Waals surface area contributed by atoms with E-state index in [1.165, 1.54) is 13.2 Å². The van der Waals surface area contributed by atoms with E-state index in [1.807, 2.05) is 0 Å². The third kappa shape index (κ3) is 2.82. The first kappa shape index (κ1) is 16.2. The van der Waals surface area contributed by atoms with E-state index >= 15 is 0 Å². The number of halogens is 2. The van der Waals surface area contributed by atoms with Crippen LogP contribution in [0.15, 0.2) is 16.6 Å². The molecule has 1 aromatic carbocycles. The minimum Gasteiger partial charge on any atom is -0.496 e. The van der Waals surface area contributed by atoms with Crippen LogP contribution in [-0.4, -0.2) is 30.1 Å². The number of carboxylic acid groups (broad SMARTS) is 1. The molecule has 0 radical (unpaired) electrons. The third-order valence-electron chi connectivity index (χ3n) is 4.99. The number of carbonyl (C=O) groups is 2. The zero-order valence-corrected chi connectivity index (χ0v) is 14.1. The molecule has 0 heterocycles. The molecular weight excluding hydrogens is 369 g/mol. The van der Waals surface area contributed by atoms with Gasteiger partial charge in [-0.05, 0) is 53.1 Å². The summed E-state index contributed by atoms with van der Waals surface area (Å²) < 4.78 is 18.8. The van der Waals surface area contributed by atoms with Crippen molar-refractivity contribution in [3.8, 4) is 5.75 Å². The highest BCUT2D eigenvalue weighted by Gasteiger charge is 2.51. The number of carbonyl (C=O) groups excluding carboxylic acids is 1. The SMILES string of the molecule is COc1cc(F)c(Br)cc1C(=O)N[C@@H]1[C@@H]2CC[C@@H](C2)[C@@H]1C(=O)O. The number of methoxy groups -OCH3 is 1. The summed E-state index contributed by atoms with van der Waals surface area (Å²) in [6.07, 6.45) is 2.68. The van der Waals surface area contributed by atoms with E-state index in [2.05, 4.69) is 21.2 Å². The van der Waals surface area contributed by atoms with Crippen molar-refractivity contribution in [3.05, 3.63) is 28.0 Å². The number of hydrogen-bond donors (Lipinski definition) is 2. The van der Waals surface area contributed by atoms with Crippen LogP contribution in [0.2, 0.25) is 0 Å². The molecule has 4 atom stereocenters. The Morgan fingerprint density at radius 2 is 2.04 bits per heavy atom. The lowest BCUT2D eigenvalue weighted by Gasteiger charge is -2.29. The molecule has 7 heteroatoms. The second kappa shape index (κ2) is 6.11. The first-order valence-corrected chi connectivity index (χ1v) is 8.28. The van der Waals surface area contributed by atoms with Crippen LogP contribution in [0.25, 0.3) is 0 Å². The van der Waals surface area contributed by atoms with Gasteiger partial charge < -0.3 is 15.2 Å². The molecule has 0 spiro atoms. The topological polar surface area (TPSA) is 75.6 Å². The fraction of sp³-hybridized carbons (Fsp3) is 0.500. The third-order valence-corrected chi connectivity index (χ3v) is 5.59. The van der Waals surface area contributed by atoms with Gasteiger partial charge in [0.15, 0.2) is 0 Å². The minimum atomic E-state index is -0.866. The largest absolute Gasteiger partial charge is 0.496 e. The van der Waals surface area contributed by atoms with Crippen molar-refractivity contribution in [2.75, 3.05) is 7.11 Å².